The van der Waals surface area contributed by atoms with E-state index in [2.05, 4.69) is 19.2 Å². The van der Waals surface area contributed by atoms with Gasteiger partial charge in [0.1, 0.15) is 0 Å². The summed E-state index contributed by atoms with van der Waals surface area (Å²) >= 11 is 0. The molecule has 1 fully saturated rings. The van der Waals surface area contributed by atoms with Crippen LogP contribution in [-0.4, -0.2) is 12.6 Å². The van der Waals surface area contributed by atoms with Gasteiger partial charge in [-0.25, -0.2) is 0 Å². The molecule has 1 rings (SSSR count). The summed E-state index contributed by atoms with van der Waals surface area (Å²) in [5, 5.41) is 3.79. The van der Waals surface area contributed by atoms with E-state index in [1.165, 1.54) is 90.0 Å². The molecule has 0 radical (unpaired) electrons. The van der Waals surface area contributed by atoms with Gasteiger partial charge in [0.05, 0.1) is 0 Å². The number of hydrogen-bond donors (Lipinski definition) is 1. The predicted molar refractivity (Wildman–Crippen MR) is 86.6 cm³/mol. The van der Waals surface area contributed by atoms with Crippen molar-refractivity contribution in [2.75, 3.05) is 6.54 Å². The topological polar surface area (TPSA) is 12.0 Å². The molecule has 0 heterocycles. The first-order valence-corrected chi connectivity index (χ1v) is 9.10. The maximum Gasteiger partial charge on any atom is 0.00672 e. The molecule has 1 nitrogen and oxygen atoms in total. The molecule has 1 saturated carbocycles. The van der Waals surface area contributed by atoms with Gasteiger partial charge >= 0.3 is 0 Å². The van der Waals surface area contributed by atoms with Gasteiger partial charge in [0.15, 0.2) is 0 Å². The molecule has 0 spiro atoms. The van der Waals surface area contributed by atoms with Crippen LogP contribution < -0.4 is 5.32 Å². The molecule has 1 aliphatic rings. The van der Waals surface area contributed by atoms with Gasteiger partial charge in [-0.1, -0.05) is 65.2 Å². The summed E-state index contributed by atoms with van der Waals surface area (Å²) in [5.74, 6) is 1.04. The van der Waals surface area contributed by atoms with Crippen molar-refractivity contribution in [3.05, 3.63) is 0 Å². The smallest absolute Gasteiger partial charge is 0.00672 e. The number of nitrogens with one attached hydrogen (secondary N) is 1. The molecular formula is C18H37N. The standard InChI is InChI=1S/C18H37N/c1-3-5-6-7-8-9-10-16-19-18-14-12-17(11-4-2)13-15-18/h17-19H,3-16H2,1-2H3. The summed E-state index contributed by atoms with van der Waals surface area (Å²) in [4.78, 5) is 0. The molecule has 0 aromatic rings. The molecule has 0 aliphatic heterocycles. The fraction of sp³-hybridized carbons (Fsp3) is 1.00. The lowest BCUT2D eigenvalue weighted by Crippen LogP contribution is -2.33. The van der Waals surface area contributed by atoms with Crippen molar-refractivity contribution in [2.45, 2.75) is 103 Å². The van der Waals surface area contributed by atoms with Crippen LogP contribution in [0.2, 0.25) is 0 Å². The van der Waals surface area contributed by atoms with E-state index in [0.29, 0.717) is 0 Å². The Bertz CT molecular complexity index is 182. The van der Waals surface area contributed by atoms with Crippen LogP contribution in [0.15, 0.2) is 0 Å². The SMILES string of the molecule is CCCCCCCCCNC1CCC(CCC)CC1. The van der Waals surface area contributed by atoms with Gasteiger partial charge in [0.25, 0.3) is 0 Å². The average Bonchev–Trinajstić information content (AvgIpc) is 2.44. The van der Waals surface area contributed by atoms with Crippen LogP contribution in [0.3, 0.4) is 0 Å². The van der Waals surface area contributed by atoms with Crippen molar-refractivity contribution in [1.82, 2.24) is 5.32 Å². The number of unbranched alkanes of at least 4 members (excludes halogenated alkanes) is 6. The van der Waals surface area contributed by atoms with Crippen molar-refractivity contribution < 1.29 is 0 Å². The van der Waals surface area contributed by atoms with Crippen LogP contribution in [0.4, 0.5) is 0 Å². The Kier molecular flexibility index (Phi) is 10.5. The van der Waals surface area contributed by atoms with E-state index in [-0.39, 0.29) is 0 Å². The molecule has 0 amide bonds. The van der Waals surface area contributed by atoms with Crippen LogP contribution in [-0.2, 0) is 0 Å². The third-order valence-electron chi connectivity index (χ3n) is 4.76. The molecule has 114 valence electrons. The fourth-order valence-corrected chi connectivity index (χ4v) is 3.45. The predicted octanol–water partition coefficient (Wildman–Crippen LogP) is 5.69. The van der Waals surface area contributed by atoms with E-state index in [1.54, 1.807) is 0 Å². The third-order valence-corrected chi connectivity index (χ3v) is 4.76. The van der Waals surface area contributed by atoms with Crippen LogP contribution >= 0.6 is 0 Å². The minimum absolute atomic E-state index is 0.841. The quantitative estimate of drug-likeness (QED) is 0.474. The third kappa shape index (κ3) is 8.68. The van der Waals surface area contributed by atoms with Gasteiger partial charge < -0.3 is 5.32 Å². The van der Waals surface area contributed by atoms with Crippen LogP contribution in [0, 0.1) is 5.92 Å². The van der Waals surface area contributed by atoms with Crippen LogP contribution in [0.25, 0.3) is 0 Å². The summed E-state index contributed by atoms with van der Waals surface area (Å²) in [7, 11) is 0. The maximum atomic E-state index is 3.79. The van der Waals surface area contributed by atoms with Gasteiger partial charge in [0.2, 0.25) is 0 Å². The molecule has 1 heteroatoms. The maximum absolute atomic E-state index is 3.79. The van der Waals surface area contributed by atoms with Gasteiger partial charge in [-0.15, -0.1) is 0 Å². The highest BCUT2D eigenvalue weighted by Gasteiger charge is 2.19. The van der Waals surface area contributed by atoms with Gasteiger partial charge in [-0.05, 0) is 44.6 Å². The Labute approximate surface area is 121 Å². The minimum Gasteiger partial charge on any atom is -0.314 e. The van der Waals surface area contributed by atoms with Crippen molar-refractivity contribution in [3.8, 4) is 0 Å². The second kappa shape index (κ2) is 11.8. The summed E-state index contributed by atoms with van der Waals surface area (Å²) in [6, 6.07) is 0.841. The Hall–Kier alpha value is -0.0400. The summed E-state index contributed by atoms with van der Waals surface area (Å²) in [5.41, 5.74) is 0. The fourth-order valence-electron chi connectivity index (χ4n) is 3.45. The molecule has 0 bridgehead atoms. The van der Waals surface area contributed by atoms with Gasteiger partial charge in [0, 0.05) is 6.04 Å². The Balaban J connectivity index is 1.85. The monoisotopic (exact) mass is 267 g/mol. The van der Waals surface area contributed by atoms with Crippen LogP contribution in [0.5, 0.6) is 0 Å². The molecule has 19 heavy (non-hydrogen) atoms. The minimum atomic E-state index is 0.841. The zero-order chi connectivity index (χ0) is 13.8. The Morgan fingerprint density at radius 3 is 2.00 bits per heavy atom. The van der Waals surface area contributed by atoms with Crippen molar-refractivity contribution in [1.29, 1.82) is 0 Å². The first-order chi connectivity index (χ1) is 9.36. The zero-order valence-electron chi connectivity index (χ0n) is 13.6. The van der Waals surface area contributed by atoms with Crippen molar-refractivity contribution in [2.24, 2.45) is 5.92 Å². The molecule has 0 aromatic heterocycles. The van der Waals surface area contributed by atoms with E-state index in [9.17, 15) is 0 Å². The molecule has 1 N–H and O–H groups in total. The Morgan fingerprint density at radius 2 is 1.37 bits per heavy atom. The van der Waals surface area contributed by atoms with E-state index in [4.69, 9.17) is 0 Å². The second-order valence-electron chi connectivity index (χ2n) is 6.58. The van der Waals surface area contributed by atoms with E-state index < -0.39 is 0 Å². The van der Waals surface area contributed by atoms with Crippen LogP contribution in [0.1, 0.15) is 97.3 Å². The highest BCUT2D eigenvalue weighted by molar-refractivity contribution is 4.76. The lowest BCUT2D eigenvalue weighted by molar-refractivity contribution is 0.278. The van der Waals surface area contributed by atoms with Crippen molar-refractivity contribution in [3.63, 3.8) is 0 Å². The second-order valence-corrected chi connectivity index (χ2v) is 6.58. The molecule has 0 saturated heterocycles. The van der Waals surface area contributed by atoms with E-state index in [1.807, 2.05) is 0 Å². The summed E-state index contributed by atoms with van der Waals surface area (Å²) < 4.78 is 0. The molecule has 0 atom stereocenters. The van der Waals surface area contributed by atoms with E-state index >= 15 is 0 Å². The zero-order valence-corrected chi connectivity index (χ0v) is 13.6. The highest BCUT2D eigenvalue weighted by atomic mass is 14.9. The van der Waals surface area contributed by atoms with Gasteiger partial charge in [-0.2, -0.15) is 0 Å². The Morgan fingerprint density at radius 1 is 0.737 bits per heavy atom. The highest BCUT2D eigenvalue weighted by Crippen LogP contribution is 2.27. The summed E-state index contributed by atoms with van der Waals surface area (Å²) in [6.07, 6.45) is 18.6. The first-order valence-electron chi connectivity index (χ1n) is 9.10. The lowest BCUT2D eigenvalue weighted by atomic mass is 9.83. The van der Waals surface area contributed by atoms with Crippen molar-refractivity contribution >= 4 is 0 Å². The average molecular weight is 268 g/mol. The van der Waals surface area contributed by atoms with Gasteiger partial charge in [-0.3, -0.25) is 0 Å². The number of hydrogen-bond acceptors (Lipinski definition) is 1. The van der Waals surface area contributed by atoms with E-state index in [0.717, 1.165) is 12.0 Å². The largest absolute Gasteiger partial charge is 0.314 e. The molecule has 0 aromatic carbocycles. The molecule has 0 unspecified atom stereocenters. The summed E-state index contributed by atoms with van der Waals surface area (Å²) in [6.45, 7) is 5.88. The first kappa shape index (κ1) is 17.0. The normalized spacial score (nSPS) is 23.7. The molecular weight excluding hydrogens is 230 g/mol. The number of rotatable bonds is 11. The lowest BCUT2D eigenvalue weighted by Gasteiger charge is -2.29. The molecule has 1 aliphatic carbocycles.